The van der Waals surface area contributed by atoms with Crippen LogP contribution >= 0.6 is 0 Å². The van der Waals surface area contributed by atoms with E-state index in [-0.39, 0.29) is 17.6 Å². The molecule has 0 saturated heterocycles. The first-order valence-electron chi connectivity index (χ1n) is 5.06. The van der Waals surface area contributed by atoms with E-state index in [1.54, 1.807) is 11.6 Å². The maximum Gasteiger partial charge on any atom is 0.261 e. The summed E-state index contributed by atoms with van der Waals surface area (Å²) >= 11 is 0. The van der Waals surface area contributed by atoms with Gasteiger partial charge in [0.2, 0.25) is 0 Å². The van der Waals surface area contributed by atoms with E-state index in [1.807, 2.05) is 0 Å². The molecule has 0 amide bonds. The van der Waals surface area contributed by atoms with Crippen LogP contribution < -0.4 is 5.73 Å². The van der Waals surface area contributed by atoms with E-state index in [2.05, 4.69) is 4.98 Å². The van der Waals surface area contributed by atoms with E-state index < -0.39 is 10.0 Å². The van der Waals surface area contributed by atoms with Gasteiger partial charge in [0.25, 0.3) is 10.0 Å². The van der Waals surface area contributed by atoms with Crippen LogP contribution in [0.4, 0.5) is 0 Å². The van der Waals surface area contributed by atoms with Gasteiger partial charge in [0.05, 0.1) is 12.9 Å². The number of likely N-dealkylation sites (N-methyl/N-ethyl adjacent to an activating group) is 1. The van der Waals surface area contributed by atoms with Gasteiger partial charge in [0.1, 0.15) is 0 Å². The number of nitrogens with two attached hydrogens (primary N) is 1. The van der Waals surface area contributed by atoms with Crippen molar-refractivity contribution in [2.24, 2.45) is 12.8 Å². The SMILES string of the molecule is COCC(N)CN(C)S(=O)(=O)c1cn(C)cn1. The minimum absolute atomic E-state index is 0.0205. The maximum atomic E-state index is 12.0. The Balaban J connectivity index is 2.77. The summed E-state index contributed by atoms with van der Waals surface area (Å²) in [6, 6.07) is -0.358. The first kappa shape index (κ1) is 14.1. The second-order valence-electron chi connectivity index (χ2n) is 3.88. The highest BCUT2D eigenvalue weighted by molar-refractivity contribution is 7.89. The maximum absolute atomic E-state index is 12.0. The minimum Gasteiger partial charge on any atom is -0.383 e. The van der Waals surface area contributed by atoms with E-state index >= 15 is 0 Å². The van der Waals surface area contributed by atoms with E-state index in [0.717, 1.165) is 0 Å². The summed E-state index contributed by atoms with van der Waals surface area (Å²) in [5.74, 6) is 0. The Bertz CT molecular complexity index is 457. The molecule has 2 N–H and O–H groups in total. The molecule has 0 radical (unpaired) electrons. The summed E-state index contributed by atoms with van der Waals surface area (Å²) in [6.45, 7) is 0.495. The third-order valence-electron chi connectivity index (χ3n) is 2.23. The molecule has 1 rings (SSSR count). The highest BCUT2D eigenvalue weighted by Crippen LogP contribution is 2.11. The second-order valence-corrected chi connectivity index (χ2v) is 5.87. The Hall–Kier alpha value is -0.960. The van der Waals surface area contributed by atoms with Crippen LogP contribution in [0.15, 0.2) is 17.6 Å². The van der Waals surface area contributed by atoms with Crippen molar-refractivity contribution in [3.05, 3.63) is 12.5 Å². The van der Waals surface area contributed by atoms with Crippen LogP contribution in [0, 0.1) is 0 Å². The molecule has 0 bridgehead atoms. The lowest BCUT2D eigenvalue weighted by Crippen LogP contribution is -2.41. The fourth-order valence-electron chi connectivity index (χ4n) is 1.38. The van der Waals surface area contributed by atoms with Crippen molar-refractivity contribution in [1.29, 1.82) is 0 Å². The Morgan fingerprint density at radius 3 is 2.76 bits per heavy atom. The van der Waals surface area contributed by atoms with Crippen molar-refractivity contribution in [2.45, 2.75) is 11.1 Å². The Morgan fingerprint density at radius 1 is 1.65 bits per heavy atom. The predicted molar refractivity (Wildman–Crippen MR) is 62.9 cm³/mol. The van der Waals surface area contributed by atoms with E-state index in [4.69, 9.17) is 10.5 Å². The molecule has 0 aliphatic rings. The molecular formula is C9H18N4O3S. The number of methoxy groups -OCH3 is 1. The average Bonchev–Trinajstić information content (AvgIpc) is 2.65. The van der Waals surface area contributed by atoms with Crippen LogP contribution in [0.3, 0.4) is 0 Å². The van der Waals surface area contributed by atoms with Crippen molar-refractivity contribution in [2.75, 3.05) is 27.3 Å². The van der Waals surface area contributed by atoms with Crippen LogP contribution in [0.5, 0.6) is 0 Å². The number of aryl methyl sites for hydroxylation is 1. The molecule has 1 aromatic heterocycles. The largest absolute Gasteiger partial charge is 0.383 e. The fraction of sp³-hybridized carbons (Fsp3) is 0.667. The monoisotopic (exact) mass is 262 g/mol. The number of imidazole rings is 1. The van der Waals surface area contributed by atoms with Crippen LogP contribution in [0.2, 0.25) is 0 Å². The van der Waals surface area contributed by atoms with E-state index in [9.17, 15) is 8.42 Å². The standard InChI is InChI=1S/C9H18N4O3S/c1-12-5-9(11-7-12)17(14,15)13(2)4-8(10)6-16-3/h5,7-8H,4,6,10H2,1-3H3. The van der Waals surface area contributed by atoms with Crippen molar-refractivity contribution in [1.82, 2.24) is 13.9 Å². The number of aromatic nitrogens is 2. The lowest BCUT2D eigenvalue weighted by Gasteiger charge is -2.19. The van der Waals surface area contributed by atoms with Crippen molar-refractivity contribution in [3.8, 4) is 0 Å². The molecule has 0 aromatic carbocycles. The zero-order chi connectivity index (χ0) is 13.1. The number of hydrogen-bond donors (Lipinski definition) is 1. The normalized spacial score (nSPS) is 14.2. The predicted octanol–water partition coefficient (Wildman–Crippen LogP) is -0.986. The highest BCUT2D eigenvalue weighted by atomic mass is 32.2. The molecule has 1 heterocycles. The molecule has 1 aromatic rings. The quantitative estimate of drug-likeness (QED) is 0.711. The average molecular weight is 262 g/mol. The van der Waals surface area contributed by atoms with Crippen LogP contribution in [0.25, 0.3) is 0 Å². The summed E-state index contributed by atoms with van der Waals surface area (Å²) in [5.41, 5.74) is 5.71. The molecule has 1 atom stereocenters. The van der Waals surface area contributed by atoms with Gasteiger partial charge >= 0.3 is 0 Å². The van der Waals surface area contributed by atoms with Gasteiger partial charge in [-0.15, -0.1) is 0 Å². The number of ether oxygens (including phenoxy) is 1. The topological polar surface area (TPSA) is 90.5 Å². The van der Waals surface area contributed by atoms with Gasteiger partial charge in [-0.1, -0.05) is 0 Å². The third kappa shape index (κ3) is 3.50. The first-order chi connectivity index (χ1) is 7.87. The van der Waals surface area contributed by atoms with Crippen LogP contribution in [-0.4, -0.2) is 55.6 Å². The Morgan fingerprint density at radius 2 is 2.29 bits per heavy atom. The Labute approximate surface area is 101 Å². The molecule has 7 nitrogen and oxygen atoms in total. The van der Waals surface area contributed by atoms with Crippen molar-refractivity contribution >= 4 is 10.0 Å². The second kappa shape index (κ2) is 5.58. The molecule has 1 unspecified atom stereocenters. The zero-order valence-corrected chi connectivity index (χ0v) is 11.0. The first-order valence-corrected chi connectivity index (χ1v) is 6.50. The number of hydrogen-bond acceptors (Lipinski definition) is 5. The summed E-state index contributed by atoms with van der Waals surface area (Å²) in [6.07, 6.45) is 2.89. The summed E-state index contributed by atoms with van der Waals surface area (Å²) in [7, 11) is 1.14. The number of sulfonamides is 1. The summed E-state index contributed by atoms with van der Waals surface area (Å²) < 4.78 is 31.7. The molecule has 17 heavy (non-hydrogen) atoms. The molecular weight excluding hydrogens is 244 g/mol. The molecule has 0 saturated carbocycles. The number of nitrogens with zero attached hydrogens (tertiary/aromatic N) is 3. The molecule has 0 aliphatic heterocycles. The van der Waals surface area contributed by atoms with Crippen LogP contribution in [0.1, 0.15) is 0 Å². The lowest BCUT2D eigenvalue weighted by molar-refractivity contribution is 0.173. The molecule has 0 aliphatic carbocycles. The van der Waals surface area contributed by atoms with Crippen molar-refractivity contribution in [3.63, 3.8) is 0 Å². The van der Waals surface area contributed by atoms with Crippen molar-refractivity contribution < 1.29 is 13.2 Å². The lowest BCUT2D eigenvalue weighted by atomic mass is 10.3. The number of rotatable bonds is 6. The molecule has 0 fully saturated rings. The van der Waals surface area contributed by atoms with Gasteiger partial charge in [0, 0.05) is 40.0 Å². The van der Waals surface area contributed by atoms with E-state index in [0.29, 0.717) is 6.61 Å². The van der Waals surface area contributed by atoms with Gasteiger partial charge in [-0.3, -0.25) is 0 Å². The smallest absolute Gasteiger partial charge is 0.261 e. The van der Waals surface area contributed by atoms with Gasteiger partial charge in [0.15, 0.2) is 5.03 Å². The molecule has 0 spiro atoms. The third-order valence-corrected chi connectivity index (χ3v) is 3.94. The highest BCUT2D eigenvalue weighted by Gasteiger charge is 2.24. The molecule has 98 valence electrons. The fourth-order valence-corrected chi connectivity index (χ4v) is 2.56. The molecule has 8 heteroatoms. The van der Waals surface area contributed by atoms with Crippen LogP contribution in [-0.2, 0) is 21.8 Å². The van der Waals surface area contributed by atoms with Gasteiger partial charge in [-0.25, -0.2) is 13.4 Å². The Kier molecular flexibility index (Phi) is 4.63. The minimum atomic E-state index is -3.57. The summed E-state index contributed by atoms with van der Waals surface area (Å²) in [5, 5.41) is 0.0205. The zero-order valence-electron chi connectivity index (χ0n) is 10.2. The van der Waals surface area contributed by atoms with E-state index in [1.165, 1.54) is 31.0 Å². The summed E-state index contributed by atoms with van der Waals surface area (Å²) in [4.78, 5) is 3.82. The van der Waals surface area contributed by atoms with Gasteiger partial charge in [-0.05, 0) is 0 Å². The van der Waals surface area contributed by atoms with Gasteiger partial charge in [-0.2, -0.15) is 4.31 Å². The van der Waals surface area contributed by atoms with Gasteiger partial charge < -0.3 is 15.0 Å².